The van der Waals surface area contributed by atoms with Gasteiger partial charge in [-0.2, -0.15) is 10.2 Å². The summed E-state index contributed by atoms with van der Waals surface area (Å²) in [6.45, 7) is 8.35. The van der Waals surface area contributed by atoms with Crippen molar-refractivity contribution in [3.05, 3.63) is 75.5 Å². The average molecular weight is 420 g/mol. The fourth-order valence-electron chi connectivity index (χ4n) is 3.72. The van der Waals surface area contributed by atoms with Gasteiger partial charge in [0.1, 0.15) is 0 Å². The number of nitrogens with zero attached hydrogens (tertiary/aromatic N) is 4. The number of aryl methyl sites for hydroxylation is 2. The van der Waals surface area contributed by atoms with Crippen molar-refractivity contribution in [2.24, 2.45) is 5.92 Å². The highest BCUT2D eigenvalue weighted by Gasteiger charge is 2.26. The van der Waals surface area contributed by atoms with Crippen LogP contribution in [0.5, 0.6) is 0 Å². The van der Waals surface area contributed by atoms with Gasteiger partial charge >= 0.3 is 0 Å². The molecule has 7 heteroatoms. The fourth-order valence-corrected chi connectivity index (χ4v) is 3.72. The number of amides is 1. The van der Waals surface area contributed by atoms with Crippen molar-refractivity contribution in [2.45, 2.75) is 59.0 Å². The normalized spacial score (nSPS) is 14.6. The van der Waals surface area contributed by atoms with Crippen molar-refractivity contribution in [1.29, 1.82) is 0 Å². The van der Waals surface area contributed by atoms with Crippen LogP contribution in [-0.4, -0.2) is 31.5 Å². The summed E-state index contributed by atoms with van der Waals surface area (Å²) in [5.74, 6) is 0.436. The molecule has 1 N–H and O–H groups in total. The van der Waals surface area contributed by atoms with E-state index < -0.39 is 0 Å². The predicted molar refractivity (Wildman–Crippen MR) is 120 cm³/mol. The lowest BCUT2D eigenvalue weighted by molar-refractivity contribution is 0.0918. The molecule has 2 aromatic heterocycles. The summed E-state index contributed by atoms with van der Waals surface area (Å²) in [6.07, 6.45) is 2.25. The number of carbonyl (C=O) groups excluding carboxylic acids is 1. The largest absolute Gasteiger partial charge is 0.347 e. The minimum atomic E-state index is -0.218. The molecule has 0 radical (unpaired) electrons. The minimum Gasteiger partial charge on any atom is -0.347 e. The summed E-state index contributed by atoms with van der Waals surface area (Å²) in [7, 11) is 0. The molecule has 1 aliphatic rings. The number of benzene rings is 1. The number of carbonyl (C=O) groups is 1. The third-order valence-electron chi connectivity index (χ3n) is 5.74. The summed E-state index contributed by atoms with van der Waals surface area (Å²) in [5.41, 5.74) is 4.16. The van der Waals surface area contributed by atoms with Gasteiger partial charge in [-0.15, -0.1) is 0 Å². The van der Waals surface area contributed by atoms with Crippen LogP contribution in [0.25, 0.3) is 5.69 Å². The molecule has 1 aliphatic carbocycles. The van der Waals surface area contributed by atoms with Gasteiger partial charge < -0.3 is 5.32 Å². The zero-order valence-corrected chi connectivity index (χ0v) is 18.5. The second kappa shape index (κ2) is 8.49. The third kappa shape index (κ3) is 4.76. The van der Waals surface area contributed by atoms with Gasteiger partial charge in [0.05, 0.1) is 29.7 Å². The molecule has 1 atom stereocenters. The lowest BCUT2D eigenvalue weighted by atomic mass is 10.0. The molecule has 7 nitrogen and oxygen atoms in total. The van der Waals surface area contributed by atoms with Crippen molar-refractivity contribution in [1.82, 2.24) is 24.9 Å². The van der Waals surface area contributed by atoms with Crippen LogP contribution >= 0.6 is 0 Å². The van der Waals surface area contributed by atoms with E-state index in [4.69, 9.17) is 0 Å². The molecular formula is C24H29N5O2. The molecule has 0 spiro atoms. The Morgan fingerprint density at radius 3 is 2.55 bits per heavy atom. The molecule has 2 heterocycles. The SMILES string of the molecule is Cc1cc(C)n(-c2cccc(C(=O)N[C@@H](Cn3nc(C4CC4)ccc3=O)C(C)C)c2)n1. The summed E-state index contributed by atoms with van der Waals surface area (Å²) in [6, 6.07) is 12.6. The van der Waals surface area contributed by atoms with Crippen molar-refractivity contribution in [2.75, 3.05) is 0 Å². The highest BCUT2D eigenvalue weighted by atomic mass is 16.2. The molecular weight excluding hydrogens is 390 g/mol. The van der Waals surface area contributed by atoms with Gasteiger partial charge in [0, 0.05) is 23.2 Å². The second-order valence-corrected chi connectivity index (χ2v) is 8.77. The van der Waals surface area contributed by atoms with Crippen molar-refractivity contribution >= 4 is 5.91 Å². The van der Waals surface area contributed by atoms with Crippen LogP contribution in [0.4, 0.5) is 0 Å². The van der Waals surface area contributed by atoms with Crippen LogP contribution in [0, 0.1) is 19.8 Å². The maximum atomic E-state index is 13.0. The molecule has 0 bridgehead atoms. The highest BCUT2D eigenvalue weighted by molar-refractivity contribution is 5.94. The lowest BCUT2D eigenvalue weighted by Crippen LogP contribution is -2.44. The Labute approximate surface area is 182 Å². The molecule has 0 unspecified atom stereocenters. The number of hydrogen-bond donors (Lipinski definition) is 1. The Morgan fingerprint density at radius 2 is 1.90 bits per heavy atom. The number of rotatable bonds is 7. The monoisotopic (exact) mass is 419 g/mol. The van der Waals surface area contributed by atoms with Gasteiger partial charge in [-0.25, -0.2) is 9.36 Å². The summed E-state index contributed by atoms with van der Waals surface area (Å²) in [5, 5.41) is 12.1. The summed E-state index contributed by atoms with van der Waals surface area (Å²) < 4.78 is 3.32. The molecule has 1 saturated carbocycles. The van der Waals surface area contributed by atoms with E-state index >= 15 is 0 Å². The number of hydrogen-bond acceptors (Lipinski definition) is 4. The number of nitrogens with one attached hydrogen (secondary N) is 1. The van der Waals surface area contributed by atoms with Gasteiger partial charge in [-0.1, -0.05) is 19.9 Å². The van der Waals surface area contributed by atoms with Crippen molar-refractivity contribution in [3.8, 4) is 5.69 Å². The quantitative estimate of drug-likeness (QED) is 0.637. The van der Waals surface area contributed by atoms with Gasteiger partial charge in [-0.3, -0.25) is 9.59 Å². The van der Waals surface area contributed by atoms with Crippen LogP contribution in [-0.2, 0) is 6.54 Å². The van der Waals surface area contributed by atoms with Gasteiger partial charge in [0.25, 0.3) is 11.5 Å². The molecule has 0 aliphatic heterocycles. The first kappa shape index (κ1) is 21.0. The minimum absolute atomic E-state index is 0.140. The van der Waals surface area contributed by atoms with E-state index in [2.05, 4.69) is 15.5 Å². The Hall–Kier alpha value is -3.22. The molecule has 1 fully saturated rings. The Morgan fingerprint density at radius 1 is 1.13 bits per heavy atom. The molecule has 3 aromatic rings. The first-order valence-electron chi connectivity index (χ1n) is 10.8. The van der Waals surface area contributed by atoms with Crippen LogP contribution in [0.2, 0.25) is 0 Å². The maximum Gasteiger partial charge on any atom is 0.266 e. The maximum absolute atomic E-state index is 13.0. The van der Waals surface area contributed by atoms with Crippen LogP contribution in [0.1, 0.15) is 60.0 Å². The summed E-state index contributed by atoms with van der Waals surface area (Å²) in [4.78, 5) is 25.4. The Balaban J connectivity index is 1.53. The van der Waals surface area contributed by atoms with Gasteiger partial charge in [0.2, 0.25) is 0 Å². The average Bonchev–Trinajstić information content (AvgIpc) is 3.52. The van der Waals surface area contributed by atoms with Crippen molar-refractivity contribution < 1.29 is 4.79 Å². The summed E-state index contributed by atoms with van der Waals surface area (Å²) >= 11 is 0. The molecule has 0 saturated heterocycles. The zero-order valence-electron chi connectivity index (χ0n) is 18.5. The van der Waals surface area contributed by atoms with E-state index in [1.54, 1.807) is 12.1 Å². The fraction of sp³-hybridized carbons (Fsp3) is 0.417. The first-order chi connectivity index (χ1) is 14.8. The second-order valence-electron chi connectivity index (χ2n) is 8.77. The van der Waals surface area contributed by atoms with E-state index in [9.17, 15) is 9.59 Å². The molecule has 1 amide bonds. The van der Waals surface area contributed by atoms with E-state index in [0.29, 0.717) is 18.0 Å². The first-order valence-corrected chi connectivity index (χ1v) is 10.8. The van der Waals surface area contributed by atoms with E-state index in [-0.39, 0.29) is 23.4 Å². The Bertz CT molecular complexity index is 1160. The van der Waals surface area contributed by atoms with Gasteiger partial charge in [0.15, 0.2) is 0 Å². The van der Waals surface area contributed by atoms with Crippen molar-refractivity contribution in [3.63, 3.8) is 0 Å². The third-order valence-corrected chi connectivity index (χ3v) is 5.74. The molecule has 4 rings (SSSR count). The van der Waals surface area contributed by atoms with Crippen LogP contribution < -0.4 is 10.9 Å². The highest BCUT2D eigenvalue weighted by Crippen LogP contribution is 2.38. The zero-order chi connectivity index (χ0) is 22.1. The number of aromatic nitrogens is 4. The molecule has 31 heavy (non-hydrogen) atoms. The van der Waals surface area contributed by atoms with E-state index in [1.807, 2.05) is 62.7 Å². The molecule has 1 aromatic carbocycles. The Kier molecular flexibility index (Phi) is 5.76. The lowest BCUT2D eigenvalue weighted by Gasteiger charge is -2.23. The van der Waals surface area contributed by atoms with E-state index in [1.165, 1.54) is 4.68 Å². The molecule has 162 valence electrons. The van der Waals surface area contributed by atoms with E-state index in [0.717, 1.165) is 35.6 Å². The topological polar surface area (TPSA) is 81.8 Å². The van der Waals surface area contributed by atoms with Gasteiger partial charge in [-0.05, 0) is 62.9 Å². The standard InChI is InChI=1S/C24H29N5O2/c1-15(2)22(14-28-23(30)11-10-21(27-28)18-8-9-18)25-24(31)19-6-5-7-20(13-19)29-17(4)12-16(3)26-29/h5-7,10-13,15,18,22H,8-9,14H2,1-4H3,(H,25,31)/t22-/m0/s1. The smallest absolute Gasteiger partial charge is 0.266 e. The predicted octanol–water partition coefficient (Wildman–Crippen LogP) is 3.38. The van der Waals surface area contributed by atoms with Crippen LogP contribution in [0.15, 0.2) is 47.3 Å². The van der Waals surface area contributed by atoms with Crippen LogP contribution in [0.3, 0.4) is 0 Å².